The molecule has 4 atom stereocenters. The lowest BCUT2D eigenvalue weighted by Gasteiger charge is -2.34. The Morgan fingerprint density at radius 3 is 1.48 bits per heavy atom. The number of esters is 5. The Labute approximate surface area is 540 Å². The minimum Gasteiger partial charge on any atom is -0.466 e. The lowest BCUT2D eigenvalue weighted by atomic mass is 10.1. The van der Waals surface area contributed by atoms with Crippen molar-refractivity contribution in [3.8, 4) is 0 Å². The number of ether oxygens (including phenoxy) is 5. The highest BCUT2D eigenvalue weighted by Gasteiger charge is 2.21. The average molecular weight is 1290 g/mol. The molecule has 0 bridgehead atoms. The molecule has 0 aromatic rings. The zero-order valence-corrected chi connectivity index (χ0v) is 57.5. The van der Waals surface area contributed by atoms with Crippen LogP contribution in [0.25, 0.3) is 0 Å². The number of carbonyl (C=O) groups excluding carboxylic acids is 6. The van der Waals surface area contributed by atoms with Crippen molar-refractivity contribution >= 4 is 63.4 Å². The van der Waals surface area contributed by atoms with Gasteiger partial charge in [0.1, 0.15) is 30.8 Å². The monoisotopic (exact) mass is 1290 g/mol. The van der Waals surface area contributed by atoms with Gasteiger partial charge in [-0.1, -0.05) is 133 Å². The van der Waals surface area contributed by atoms with Crippen LogP contribution in [0.1, 0.15) is 234 Å². The smallest absolute Gasteiger partial charge is 0.305 e. The van der Waals surface area contributed by atoms with Crippen LogP contribution in [0.15, 0.2) is 12.7 Å². The summed E-state index contributed by atoms with van der Waals surface area (Å²) >= 11 is 0. The van der Waals surface area contributed by atoms with Crippen LogP contribution in [0.5, 0.6) is 0 Å². The van der Waals surface area contributed by atoms with E-state index in [2.05, 4.69) is 50.3 Å². The van der Waals surface area contributed by atoms with Crippen LogP contribution < -0.4 is 0 Å². The van der Waals surface area contributed by atoms with E-state index in [9.17, 15) is 44.1 Å². The van der Waals surface area contributed by atoms with Crippen molar-refractivity contribution in [3.63, 3.8) is 0 Å². The van der Waals surface area contributed by atoms with Gasteiger partial charge in [0.05, 0.1) is 39.1 Å². The molecule has 0 spiro atoms. The Kier molecular flexibility index (Phi) is 54.4. The van der Waals surface area contributed by atoms with E-state index in [1.807, 2.05) is 44.1 Å². The van der Waals surface area contributed by atoms with Gasteiger partial charge in [-0.25, -0.2) is 4.58 Å². The summed E-state index contributed by atoms with van der Waals surface area (Å²) in [6, 6.07) is 0. The van der Waals surface area contributed by atoms with Gasteiger partial charge in [-0.05, 0) is 95.9 Å². The quantitative estimate of drug-likeness (QED) is 0.00979. The first kappa shape index (κ1) is 82.9. The van der Waals surface area contributed by atoms with E-state index in [0.717, 1.165) is 147 Å². The molecule has 0 radical (unpaired) electrons. The summed E-state index contributed by atoms with van der Waals surface area (Å²) in [5.41, 5.74) is 0. The van der Waals surface area contributed by atoms with E-state index in [1.165, 1.54) is 0 Å². The number of Topliss-reactive ketones (excluding diaryl/α,β-unsaturated/α-hetero) is 1. The van der Waals surface area contributed by atoms with Gasteiger partial charge in [0.25, 0.3) is 0 Å². The van der Waals surface area contributed by atoms with Gasteiger partial charge in [-0.15, -0.1) is 6.58 Å². The molecule has 0 amide bonds. The normalized spacial score (nSPS) is 14.3. The molecule has 1 aliphatic rings. The number of rotatable bonds is 61. The number of ketones is 1. The highest BCUT2D eigenvalue weighted by atomic mass is 33.1. The summed E-state index contributed by atoms with van der Waals surface area (Å²) in [4.78, 5) is 81.2. The van der Waals surface area contributed by atoms with Crippen molar-refractivity contribution in [2.45, 2.75) is 252 Å². The first-order chi connectivity index (χ1) is 42.6. The third-order valence-electron chi connectivity index (χ3n) is 16.2. The van der Waals surface area contributed by atoms with Gasteiger partial charge >= 0.3 is 29.8 Å². The van der Waals surface area contributed by atoms with Crippen LogP contribution in [-0.2, 0) is 52.5 Å². The molecule has 20 heteroatoms. The number of aliphatic hydroxyl groups excluding tert-OH is 3. The molecule has 18 nitrogen and oxygen atoms in total. The molecule has 0 aromatic heterocycles. The zero-order chi connectivity index (χ0) is 64.7. The van der Waals surface area contributed by atoms with Crippen molar-refractivity contribution in [1.29, 1.82) is 0 Å². The molecule has 88 heavy (non-hydrogen) atoms. The van der Waals surface area contributed by atoms with Gasteiger partial charge in [0, 0.05) is 108 Å². The number of aliphatic hydroxyl groups is 3. The van der Waals surface area contributed by atoms with Crippen LogP contribution in [-0.4, -0.2) is 211 Å². The molecular weight excluding hydrogens is 1160 g/mol. The van der Waals surface area contributed by atoms with Gasteiger partial charge in [0.2, 0.25) is 0 Å². The predicted octanol–water partition coefficient (Wildman–Crippen LogP) is 11.3. The average Bonchev–Trinajstić information content (AvgIpc) is 3.60. The lowest BCUT2D eigenvalue weighted by molar-refractivity contribution is -0.541. The maximum Gasteiger partial charge on any atom is 0.305 e. The number of carbonyl (C=O) groups is 6. The Bertz CT molecular complexity index is 1780. The van der Waals surface area contributed by atoms with Gasteiger partial charge in [-0.3, -0.25) is 43.5 Å². The third-order valence-corrected chi connectivity index (χ3v) is 18.6. The minimum absolute atomic E-state index is 0.126. The number of piperazine rings is 1. The SMILES string of the molecule is C=CC(CC)COC(=O)CCCCCCC(O)CN(CCCCC(=O)OCCN1CCN(CCSSCCC=[N+](CC(O)CCCCC(=O)OCCCC)CC(O)CCCCC(=O)OCCCC)CC1)CC(=O)CCCCCCC(=O)OCC(CC)CC. The molecular formula is C68H125N4O14S2+. The summed E-state index contributed by atoms with van der Waals surface area (Å²) in [7, 11) is 3.68. The minimum atomic E-state index is -0.594. The maximum absolute atomic E-state index is 13.2. The van der Waals surface area contributed by atoms with Crippen LogP contribution >= 0.6 is 21.6 Å². The first-order valence-electron chi connectivity index (χ1n) is 34.6. The highest BCUT2D eigenvalue weighted by molar-refractivity contribution is 8.76. The van der Waals surface area contributed by atoms with Gasteiger partial charge < -0.3 is 39.0 Å². The molecule has 1 saturated heterocycles. The molecule has 0 aliphatic carbocycles. The summed E-state index contributed by atoms with van der Waals surface area (Å²) in [5.74, 6) is 1.68. The fraction of sp³-hybridized carbons (Fsp3) is 0.868. The van der Waals surface area contributed by atoms with Crippen molar-refractivity contribution in [2.24, 2.45) is 11.8 Å². The molecule has 3 N–H and O–H groups in total. The fourth-order valence-electron chi connectivity index (χ4n) is 10.2. The van der Waals surface area contributed by atoms with Crippen LogP contribution in [0.4, 0.5) is 0 Å². The van der Waals surface area contributed by atoms with E-state index in [1.54, 1.807) is 0 Å². The topological polar surface area (TPSA) is 222 Å². The second kappa shape index (κ2) is 57.8. The molecule has 1 rings (SSSR count). The lowest BCUT2D eigenvalue weighted by Crippen LogP contribution is -2.47. The number of unbranched alkanes of at least 4 members (excludes halogenated alkanes) is 11. The van der Waals surface area contributed by atoms with Crippen molar-refractivity contribution < 1.29 is 72.3 Å². The van der Waals surface area contributed by atoms with Crippen LogP contribution in [0, 0.1) is 11.8 Å². The largest absolute Gasteiger partial charge is 0.466 e. The number of hydrogen-bond donors (Lipinski definition) is 3. The maximum atomic E-state index is 13.2. The number of hydrogen-bond acceptors (Lipinski definition) is 19. The fourth-order valence-corrected chi connectivity index (χ4v) is 12.1. The van der Waals surface area contributed by atoms with Gasteiger partial charge in [0.15, 0.2) is 13.1 Å². The van der Waals surface area contributed by atoms with Crippen molar-refractivity contribution in [2.75, 3.05) is 117 Å². The second-order valence-corrected chi connectivity index (χ2v) is 26.8. The molecule has 0 aromatic carbocycles. The molecule has 512 valence electrons. The molecule has 1 aliphatic heterocycles. The van der Waals surface area contributed by atoms with Gasteiger partial charge in [-0.2, -0.15) is 0 Å². The van der Waals surface area contributed by atoms with E-state index >= 15 is 0 Å². The summed E-state index contributed by atoms with van der Waals surface area (Å²) in [6.07, 6.45) is 24.1. The summed E-state index contributed by atoms with van der Waals surface area (Å²) in [6.45, 7) is 23.7. The Morgan fingerprint density at radius 2 is 0.955 bits per heavy atom. The Balaban J connectivity index is 2.49. The standard InChI is InChI=1S/C68H125N4O14S2/c1-7-13-47-82-64(77)36-25-23-32-62(75)54-72(55-63(76)33-24-26-37-65(78)83-48-14-8-2)40-29-50-87-88-51-46-70-43-41-69(42-44-70)45-49-84-66(79)38-27-28-39-71(52-60(73)30-19-15-17-21-34-67(80)85-56-58(9-3)10-4)53-61(74)31-20-16-18-22-35-68(81)86-57-59(11-5)12-6/h9,40,58-60,62-63,73,75-76H,3,7-8,10-39,41-57H2,1-2,4-6H3/q+1. The third kappa shape index (κ3) is 49.6. The summed E-state index contributed by atoms with van der Waals surface area (Å²) in [5, 5.41) is 32.9. The van der Waals surface area contributed by atoms with E-state index in [-0.39, 0.29) is 48.1 Å². The van der Waals surface area contributed by atoms with E-state index in [0.29, 0.717) is 168 Å². The molecule has 0 saturated carbocycles. The summed E-state index contributed by atoms with van der Waals surface area (Å²) < 4.78 is 29.0. The Hall–Kier alpha value is -3.11. The van der Waals surface area contributed by atoms with E-state index in [4.69, 9.17) is 23.7 Å². The van der Waals surface area contributed by atoms with E-state index < -0.39 is 18.3 Å². The molecule has 1 fully saturated rings. The van der Waals surface area contributed by atoms with Crippen molar-refractivity contribution in [3.05, 3.63) is 12.7 Å². The highest BCUT2D eigenvalue weighted by Crippen LogP contribution is 2.22. The first-order valence-corrected chi connectivity index (χ1v) is 37.1. The zero-order valence-electron chi connectivity index (χ0n) is 55.8. The van der Waals surface area contributed by atoms with Crippen molar-refractivity contribution in [1.82, 2.24) is 14.7 Å². The van der Waals surface area contributed by atoms with Crippen LogP contribution in [0.3, 0.4) is 0 Å². The molecule has 4 unspecified atom stereocenters. The van der Waals surface area contributed by atoms with Crippen LogP contribution in [0.2, 0.25) is 0 Å². The Morgan fingerprint density at radius 1 is 0.511 bits per heavy atom. The molecule has 1 heterocycles. The predicted molar refractivity (Wildman–Crippen MR) is 357 cm³/mol. The second-order valence-electron chi connectivity index (χ2n) is 24.1. The number of nitrogens with zero attached hydrogens (tertiary/aromatic N) is 4.